The Kier molecular flexibility index (Phi) is 6.23. The number of hydrogen-bond acceptors (Lipinski definition) is 7. The third-order valence-electron chi connectivity index (χ3n) is 4.60. The molecule has 1 aromatic heterocycles. The maximum Gasteiger partial charge on any atom is 0.257 e. The molecule has 0 bridgehead atoms. The first-order valence-corrected chi connectivity index (χ1v) is 10.5. The highest BCUT2D eigenvalue weighted by Gasteiger charge is 2.12. The van der Waals surface area contributed by atoms with E-state index in [1.54, 1.807) is 36.4 Å². The smallest absolute Gasteiger partial charge is 0.257 e. The highest BCUT2D eigenvalue weighted by atomic mass is 32.1. The van der Waals surface area contributed by atoms with Crippen LogP contribution in [0.25, 0.3) is 16.6 Å². The maximum absolute atomic E-state index is 13.0. The molecule has 9 heteroatoms. The minimum absolute atomic E-state index is 0.241. The molecule has 33 heavy (non-hydrogen) atoms. The molecule has 0 fully saturated rings. The Morgan fingerprint density at radius 3 is 2.27 bits per heavy atom. The number of allylic oxidation sites excluding steroid dienone is 1. The summed E-state index contributed by atoms with van der Waals surface area (Å²) in [7, 11) is 0. The zero-order valence-corrected chi connectivity index (χ0v) is 17.7. The second-order valence-electron chi connectivity index (χ2n) is 6.90. The lowest BCUT2D eigenvalue weighted by molar-refractivity contribution is 0.102. The summed E-state index contributed by atoms with van der Waals surface area (Å²) < 4.78 is 13.0. The van der Waals surface area contributed by atoms with Crippen LogP contribution in [0, 0.1) is 5.82 Å². The topological polar surface area (TPSA) is 112 Å². The van der Waals surface area contributed by atoms with E-state index in [1.165, 1.54) is 42.5 Å². The van der Waals surface area contributed by atoms with Gasteiger partial charge in [0, 0.05) is 16.7 Å². The van der Waals surface area contributed by atoms with Crippen LogP contribution in [0.3, 0.4) is 0 Å². The molecule has 0 radical (unpaired) electrons. The number of phenolic OH excluding ortho intramolecular Hbond substituents is 2. The summed E-state index contributed by atoms with van der Waals surface area (Å²) in [6.45, 7) is 0. The quantitative estimate of drug-likeness (QED) is 0.214. The number of carbonyl (C=O) groups excluding carboxylic acids is 2. The predicted octanol–water partition coefficient (Wildman–Crippen LogP) is 4.90. The van der Waals surface area contributed by atoms with Crippen LogP contribution in [-0.4, -0.2) is 32.1 Å². The van der Waals surface area contributed by atoms with Crippen molar-refractivity contribution in [3.05, 3.63) is 95.3 Å². The van der Waals surface area contributed by atoms with Crippen molar-refractivity contribution in [3.63, 3.8) is 0 Å². The number of amides is 1. The fraction of sp³-hybridized carbons (Fsp3) is 0. The van der Waals surface area contributed by atoms with Gasteiger partial charge in [-0.1, -0.05) is 29.5 Å². The van der Waals surface area contributed by atoms with Gasteiger partial charge in [0.15, 0.2) is 17.3 Å². The van der Waals surface area contributed by atoms with Gasteiger partial charge in [-0.25, -0.2) is 4.39 Å². The van der Waals surface area contributed by atoms with Crippen LogP contribution in [0.1, 0.15) is 26.3 Å². The molecule has 3 aromatic carbocycles. The zero-order chi connectivity index (χ0) is 23.4. The van der Waals surface area contributed by atoms with E-state index in [-0.39, 0.29) is 28.3 Å². The van der Waals surface area contributed by atoms with E-state index in [9.17, 15) is 24.2 Å². The molecule has 164 valence electrons. The van der Waals surface area contributed by atoms with Gasteiger partial charge in [-0.3, -0.25) is 14.9 Å². The minimum atomic E-state index is -0.409. The van der Waals surface area contributed by atoms with Crippen LogP contribution in [0.5, 0.6) is 11.5 Å². The van der Waals surface area contributed by atoms with Crippen molar-refractivity contribution in [3.8, 4) is 22.1 Å². The van der Waals surface area contributed by atoms with Crippen molar-refractivity contribution in [1.82, 2.24) is 10.2 Å². The molecule has 4 rings (SSSR count). The predicted molar refractivity (Wildman–Crippen MR) is 123 cm³/mol. The molecular formula is C24H16FN3O4S. The van der Waals surface area contributed by atoms with E-state index in [4.69, 9.17) is 0 Å². The molecule has 0 aliphatic carbocycles. The zero-order valence-electron chi connectivity index (χ0n) is 16.9. The molecule has 1 amide bonds. The molecule has 0 unspecified atom stereocenters. The molecular weight excluding hydrogens is 445 g/mol. The number of carbonyl (C=O) groups is 2. The van der Waals surface area contributed by atoms with E-state index >= 15 is 0 Å². The van der Waals surface area contributed by atoms with Gasteiger partial charge in [-0.05, 0) is 66.2 Å². The number of hydrogen-bond donors (Lipinski definition) is 3. The van der Waals surface area contributed by atoms with Crippen LogP contribution in [0.15, 0.2) is 72.8 Å². The summed E-state index contributed by atoms with van der Waals surface area (Å²) in [6, 6.07) is 16.2. The number of nitrogens with one attached hydrogen (secondary N) is 1. The Morgan fingerprint density at radius 1 is 0.879 bits per heavy atom. The van der Waals surface area contributed by atoms with Crippen molar-refractivity contribution in [1.29, 1.82) is 0 Å². The maximum atomic E-state index is 13.0. The number of rotatable bonds is 6. The number of halogens is 1. The van der Waals surface area contributed by atoms with E-state index in [2.05, 4.69) is 15.5 Å². The Bertz CT molecular complexity index is 1350. The molecule has 0 atom stereocenters. The molecule has 3 N–H and O–H groups in total. The molecule has 7 nitrogen and oxygen atoms in total. The van der Waals surface area contributed by atoms with Crippen molar-refractivity contribution < 1.29 is 24.2 Å². The molecule has 0 saturated carbocycles. The summed E-state index contributed by atoms with van der Waals surface area (Å²) in [5, 5.41) is 30.3. The van der Waals surface area contributed by atoms with Gasteiger partial charge in [-0.2, -0.15) is 0 Å². The number of phenols is 2. The van der Waals surface area contributed by atoms with Crippen LogP contribution in [0.2, 0.25) is 0 Å². The summed E-state index contributed by atoms with van der Waals surface area (Å²) >= 11 is 1.12. The summed E-state index contributed by atoms with van der Waals surface area (Å²) in [4.78, 5) is 24.6. The van der Waals surface area contributed by atoms with Crippen LogP contribution in [-0.2, 0) is 0 Å². The van der Waals surface area contributed by atoms with Gasteiger partial charge >= 0.3 is 0 Å². The second kappa shape index (κ2) is 9.41. The number of benzene rings is 3. The summed E-state index contributed by atoms with van der Waals surface area (Å²) in [5.41, 5.74) is 2.03. The standard InChI is InChI=1S/C24H16FN3O4S/c25-18-9-6-15(7-10-18)19(29)11-3-14-1-4-16(5-2-14)22(32)26-24-28-27-23(33-24)17-8-12-20(30)21(31)13-17/h1-13,30-31H,(H,26,28,32)/b11-3+. The number of anilines is 1. The van der Waals surface area contributed by atoms with Crippen LogP contribution in [0.4, 0.5) is 9.52 Å². The number of nitrogens with zero attached hydrogens (tertiary/aromatic N) is 2. The SMILES string of the molecule is O=C(/C=C/c1ccc(C(=O)Nc2nnc(-c3ccc(O)c(O)c3)s2)cc1)c1ccc(F)cc1. The van der Waals surface area contributed by atoms with Crippen molar-refractivity contribution in [2.45, 2.75) is 0 Å². The first-order chi connectivity index (χ1) is 15.9. The second-order valence-corrected chi connectivity index (χ2v) is 7.87. The van der Waals surface area contributed by atoms with Gasteiger partial charge in [0.1, 0.15) is 10.8 Å². The Morgan fingerprint density at radius 2 is 1.58 bits per heavy atom. The monoisotopic (exact) mass is 461 g/mol. The molecule has 4 aromatic rings. The highest BCUT2D eigenvalue weighted by Crippen LogP contribution is 2.33. The van der Waals surface area contributed by atoms with Gasteiger partial charge in [0.2, 0.25) is 5.13 Å². The lowest BCUT2D eigenvalue weighted by Crippen LogP contribution is -2.11. The van der Waals surface area contributed by atoms with Crippen molar-refractivity contribution in [2.24, 2.45) is 0 Å². The highest BCUT2D eigenvalue weighted by molar-refractivity contribution is 7.18. The van der Waals surface area contributed by atoms with Crippen molar-refractivity contribution >= 4 is 34.2 Å². The van der Waals surface area contributed by atoms with Crippen LogP contribution >= 0.6 is 11.3 Å². The van der Waals surface area contributed by atoms with E-state index < -0.39 is 5.82 Å². The molecule has 0 aliphatic rings. The third-order valence-corrected chi connectivity index (χ3v) is 5.48. The van der Waals surface area contributed by atoms with Crippen molar-refractivity contribution in [2.75, 3.05) is 5.32 Å². The molecule has 0 spiro atoms. The molecule has 0 saturated heterocycles. The minimum Gasteiger partial charge on any atom is -0.504 e. The van der Waals surface area contributed by atoms with Gasteiger partial charge in [0.05, 0.1) is 0 Å². The summed E-state index contributed by atoms with van der Waals surface area (Å²) in [6.07, 6.45) is 2.99. The first-order valence-electron chi connectivity index (χ1n) is 9.64. The fourth-order valence-electron chi connectivity index (χ4n) is 2.84. The molecule has 0 aliphatic heterocycles. The van der Waals surface area contributed by atoms with Gasteiger partial charge in [0.25, 0.3) is 5.91 Å². The average molecular weight is 461 g/mol. The number of aromatic hydroxyl groups is 2. The fourth-order valence-corrected chi connectivity index (χ4v) is 3.58. The van der Waals surface area contributed by atoms with Crippen LogP contribution < -0.4 is 5.32 Å². The Labute approximate surface area is 191 Å². The van der Waals surface area contributed by atoms with Gasteiger partial charge in [-0.15, -0.1) is 10.2 Å². The first kappa shape index (κ1) is 21.8. The van der Waals surface area contributed by atoms with E-state index in [0.29, 0.717) is 27.3 Å². The Balaban J connectivity index is 1.39. The average Bonchev–Trinajstić information content (AvgIpc) is 3.28. The van der Waals surface area contributed by atoms with E-state index in [0.717, 1.165) is 11.3 Å². The number of ketones is 1. The molecule has 1 heterocycles. The lowest BCUT2D eigenvalue weighted by atomic mass is 10.1. The number of aromatic nitrogens is 2. The van der Waals surface area contributed by atoms with Gasteiger partial charge < -0.3 is 10.2 Å². The summed E-state index contributed by atoms with van der Waals surface area (Å²) in [5.74, 6) is -1.57. The largest absolute Gasteiger partial charge is 0.504 e. The lowest BCUT2D eigenvalue weighted by Gasteiger charge is -2.02. The Hall–Kier alpha value is -4.37. The normalized spacial score (nSPS) is 10.9. The third kappa shape index (κ3) is 5.28. The van der Waals surface area contributed by atoms with E-state index in [1.807, 2.05) is 0 Å².